The largest absolute Gasteiger partial charge is 0.368 e. The normalized spacial score (nSPS) is 12.3. The van der Waals surface area contributed by atoms with Crippen molar-refractivity contribution < 1.29 is 4.79 Å². The van der Waals surface area contributed by atoms with Crippen molar-refractivity contribution in [1.29, 1.82) is 0 Å². The summed E-state index contributed by atoms with van der Waals surface area (Å²) < 4.78 is 0. The van der Waals surface area contributed by atoms with Crippen molar-refractivity contribution in [1.82, 2.24) is 10.3 Å². The third-order valence-electron chi connectivity index (χ3n) is 2.04. The zero-order valence-corrected chi connectivity index (χ0v) is 8.52. The number of nitrogens with zero attached hydrogens (tertiary/aromatic N) is 1. The van der Waals surface area contributed by atoms with Crippen LogP contribution in [-0.2, 0) is 11.2 Å². The number of carbonyl (C=O) groups is 1. The molecule has 0 saturated heterocycles. The zero-order chi connectivity index (χ0) is 11.1. The van der Waals surface area contributed by atoms with E-state index in [9.17, 15) is 4.79 Å². The van der Waals surface area contributed by atoms with E-state index in [1.807, 2.05) is 18.3 Å². The van der Waals surface area contributed by atoms with Gasteiger partial charge in [0.25, 0.3) is 0 Å². The summed E-state index contributed by atoms with van der Waals surface area (Å²) in [6, 6.07) is 3.28. The summed E-state index contributed by atoms with van der Waals surface area (Å²) in [5, 5.41) is 3.06. The number of pyridine rings is 1. The van der Waals surface area contributed by atoms with Crippen molar-refractivity contribution in [2.24, 2.45) is 11.5 Å². The fourth-order valence-corrected chi connectivity index (χ4v) is 1.14. The quantitative estimate of drug-likeness (QED) is 0.524. The van der Waals surface area contributed by atoms with Crippen LogP contribution in [0.25, 0.3) is 0 Å². The van der Waals surface area contributed by atoms with Gasteiger partial charge in [0.15, 0.2) is 0 Å². The molecule has 5 nitrogen and oxygen atoms in total. The lowest BCUT2D eigenvalue weighted by molar-refractivity contribution is -0.119. The first-order valence-electron chi connectivity index (χ1n) is 4.84. The third kappa shape index (κ3) is 4.53. The van der Waals surface area contributed by atoms with E-state index in [1.54, 1.807) is 6.20 Å². The number of nitrogens with one attached hydrogen (secondary N) is 1. The van der Waals surface area contributed by atoms with E-state index in [2.05, 4.69) is 10.3 Å². The zero-order valence-electron chi connectivity index (χ0n) is 8.52. The van der Waals surface area contributed by atoms with Crippen LogP contribution in [0.4, 0.5) is 0 Å². The third-order valence-corrected chi connectivity index (χ3v) is 2.04. The molecule has 1 aromatic rings. The average Bonchev–Trinajstić information content (AvgIpc) is 2.25. The molecule has 0 aromatic carbocycles. The molecule has 0 radical (unpaired) electrons. The van der Waals surface area contributed by atoms with Crippen LogP contribution < -0.4 is 16.8 Å². The van der Waals surface area contributed by atoms with Crippen LogP contribution in [0.15, 0.2) is 24.5 Å². The Labute approximate surface area is 88.9 Å². The Morgan fingerprint density at radius 1 is 1.60 bits per heavy atom. The molecule has 0 aliphatic carbocycles. The Balaban J connectivity index is 2.15. The van der Waals surface area contributed by atoms with Crippen LogP contribution in [-0.4, -0.2) is 30.0 Å². The highest BCUT2D eigenvalue weighted by atomic mass is 16.1. The Morgan fingerprint density at radius 2 is 2.40 bits per heavy atom. The average molecular weight is 208 g/mol. The first-order valence-corrected chi connectivity index (χ1v) is 4.84. The fraction of sp³-hybridized carbons (Fsp3) is 0.400. The Morgan fingerprint density at radius 3 is 3.00 bits per heavy atom. The molecule has 1 atom stereocenters. The summed E-state index contributed by atoms with van der Waals surface area (Å²) in [6.45, 7) is 1.17. The standard InChI is InChI=1S/C10H16N4O/c11-9(10(12)15)7-14-5-3-8-2-1-4-13-6-8/h1-2,4,6,9,14H,3,5,7,11H2,(H2,12,15). The minimum absolute atomic E-state index is 0.412. The minimum atomic E-state index is -0.612. The molecule has 5 N–H and O–H groups in total. The highest BCUT2D eigenvalue weighted by Gasteiger charge is 2.07. The van der Waals surface area contributed by atoms with Crippen LogP contribution in [0.5, 0.6) is 0 Å². The topological polar surface area (TPSA) is 94.0 Å². The van der Waals surface area contributed by atoms with Gasteiger partial charge in [0.2, 0.25) is 5.91 Å². The molecule has 1 unspecified atom stereocenters. The van der Waals surface area contributed by atoms with Crippen LogP contribution >= 0.6 is 0 Å². The molecule has 1 rings (SSSR count). The molecule has 1 aromatic heterocycles. The molecule has 0 saturated carbocycles. The molecule has 1 amide bonds. The van der Waals surface area contributed by atoms with Gasteiger partial charge in [-0.2, -0.15) is 0 Å². The van der Waals surface area contributed by atoms with Gasteiger partial charge in [-0.25, -0.2) is 0 Å². The van der Waals surface area contributed by atoms with Gasteiger partial charge >= 0.3 is 0 Å². The van der Waals surface area contributed by atoms with E-state index >= 15 is 0 Å². The predicted octanol–water partition coefficient (Wildman–Crippen LogP) is -0.974. The summed E-state index contributed by atoms with van der Waals surface area (Å²) >= 11 is 0. The van der Waals surface area contributed by atoms with Gasteiger partial charge in [-0.3, -0.25) is 9.78 Å². The molecular formula is C10H16N4O. The van der Waals surface area contributed by atoms with Gasteiger partial charge in [-0.05, 0) is 24.6 Å². The van der Waals surface area contributed by atoms with E-state index in [-0.39, 0.29) is 0 Å². The summed E-state index contributed by atoms with van der Waals surface area (Å²) in [6.07, 6.45) is 4.41. The van der Waals surface area contributed by atoms with Crippen molar-refractivity contribution in [3.05, 3.63) is 30.1 Å². The molecule has 15 heavy (non-hydrogen) atoms. The number of nitrogens with two attached hydrogens (primary N) is 2. The fourth-order valence-electron chi connectivity index (χ4n) is 1.14. The first-order chi connectivity index (χ1) is 7.20. The Kier molecular flexibility index (Phi) is 4.73. The Hall–Kier alpha value is -1.46. The van der Waals surface area contributed by atoms with Gasteiger partial charge < -0.3 is 16.8 Å². The number of rotatable bonds is 6. The predicted molar refractivity (Wildman–Crippen MR) is 58.0 cm³/mol. The highest BCUT2D eigenvalue weighted by Crippen LogP contribution is 1.95. The summed E-state index contributed by atoms with van der Waals surface area (Å²) in [4.78, 5) is 14.6. The van der Waals surface area contributed by atoms with E-state index in [4.69, 9.17) is 11.5 Å². The van der Waals surface area contributed by atoms with E-state index in [0.29, 0.717) is 6.54 Å². The van der Waals surface area contributed by atoms with Gasteiger partial charge in [0, 0.05) is 18.9 Å². The number of aromatic nitrogens is 1. The minimum Gasteiger partial charge on any atom is -0.368 e. The molecule has 0 aliphatic rings. The lowest BCUT2D eigenvalue weighted by atomic mass is 10.2. The van der Waals surface area contributed by atoms with E-state index in [1.165, 1.54) is 0 Å². The van der Waals surface area contributed by atoms with Crippen molar-refractivity contribution in [2.45, 2.75) is 12.5 Å². The molecule has 0 aliphatic heterocycles. The molecule has 82 valence electrons. The van der Waals surface area contributed by atoms with Crippen molar-refractivity contribution in [2.75, 3.05) is 13.1 Å². The highest BCUT2D eigenvalue weighted by molar-refractivity contribution is 5.79. The van der Waals surface area contributed by atoms with Crippen molar-refractivity contribution in [3.8, 4) is 0 Å². The van der Waals surface area contributed by atoms with E-state index in [0.717, 1.165) is 18.5 Å². The molecule has 0 fully saturated rings. The molecular weight excluding hydrogens is 192 g/mol. The number of primary amides is 1. The molecule has 0 bridgehead atoms. The molecule has 1 heterocycles. The maximum Gasteiger partial charge on any atom is 0.235 e. The second-order valence-electron chi connectivity index (χ2n) is 3.32. The lowest BCUT2D eigenvalue weighted by Gasteiger charge is -2.08. The number of hydrogen-bond acceptors (Lipinski definition) is 4. The van der Waals surface area contributed by atoms with Gasteiger partial charge in [0.05, 0.1) is 6.04 Å². The maximum absolute atomic E-state index is 10.6. The molecule has 5 heteroatoms. The summed E-state index contributed by atoms with van der Waals surface area (Å²) in [5.74, 6) is -0.483. The van der Waals surface area contributed by atoms with Crippen LogP contribution in [0.2, 0.25) is 0 Å². The maximum atomic E-state index is 10.6. The van der Waals surface area contributed by atoms with Crippen molar-refractivity contribution in [3.63, 3.8) is 0 Å². The van der Waals surface area contributed by atoms with Gasteiger partial charge in [-0.15, -0.1) is 0 Å². The second kappa shape index (κ2) is 6.10. The lowest BCUT2D eigenvalue weighted by Crippen LogP contribution is -2.44. The van der Waals surface area contributed by atoms with Crippen LogP contribution in [0, 0.1) is 0 Å². The van der Waals surface area contributed by atoms with Gasteiger partial charge in [-0.1, -0.05) is 6.07 Å². The van der Waals surface area contributed by atoms with Crippen LogP contribution in [0.3, 0.4) is 0 Å². The summed E-state index contributed by atoms with van der Waals surface area (Å²) in [5.41, 5.74) is 11.6. The monoisotopic (exact) mass is 208 g/mol. The summed E-state index contributed by atoms with van der Waals surface area (Å²) in [7, 11) is 0. The smallest absolute Gasteiger partial charge is 0.235 e. The first kappa shape index (κ1) is 11.6. The number of hydrogen-bond donors (Lipinski definition) is 3. The number of amides is 1. The van der Waals surface area contributed by atoms with E-state index < -0.39 is 11.9 Å². The Bertz CT molecular complexity index is 302. The van der Waals surface area contributed by atoms with Crippen molar-refractivity contribution >= 4 is 5.91 Å². The van der Waals surface area contributed by atoms with Gasteiger partial charge in [0.1, 0.15) is 0 Å². The second-order valence-corrected chi connectivity index (χ2v) is 3.32. The number of carbonyl (C=O) groups excluding carboxylic acids is 1. The van der Waals surface area contributed by atoms with Crippen LogP contribution in [0.1, 0.15) is 5.56 Å². The molecule has 0 spiro atoms. The SMILES string of the molecule is NC(=O)C(N)CNCCc1cccnc1.